The second-order valence-corrected chi connectivity index (χ2v) is 8.37. The smallest absolute Gasteiger partial charge is 0.261 e. The molecule has 0 spiro atoms. The minimum absolute atomic E-state index is 0.0725. The maximum Gasteiger partial charge on any atom is 0.261 e. The van der Waals surface area contributed by atoms with Gasteiger partial charge in [-0.05, 0) is 38.3 Å². The summed E-state index contributed by atoms with van der Waals surface area (Å²) in [6.07, 6.45) is 1.43. The zero-order chi connectivity index (χ0) is 24.2. The summed E-state index contributed by atoms with van der Waals surface area (Å²) < 4.78 is 58.8. The molecule has 6 nitrogen and oxygen atoms in total. The van der Waals surface area contributed by atoms with Crippen molar-refractivity contribution in [3.05, 3.63) is 58.0 Å². The Bertz CT molecular complexity index is 1230. The molecule has 2 unspecified atom stereocenters. The minimum Gasteiger partial charge on any atom is -0.326 e. The molecule has 1 amide bonds. The van der Waals surface area contributed by atoms with Gasteiger partial charge in [0.2, 0.25) is 5.95 Å². The van der Waals surface area contributed by atoms with Gasteiger partial charge in [0.1, 0.15) is 5.56 Å². The molecule has 3 aromatic rings. The first kappa shape index (κ1) is 23.0. The molecule has 1 aromatic carbocycles. The van der Waals surface area contributed by atoms with E-state index in [0.29, 0.717) is 36.3 Å². The highest BCUT2D eigenvalue weighted by molar-refractivity contribution is 5.96. The molecule has 0 aliphatic carbocycles. The molecule has 0 radical (unpaired) electrons. The number of amides is 1. The number of aryl methyl sites for hydroxylation is 2. The van der Waals surface area contributed by atoms with Gasteiger partial charge in [-0.1, -0.05) is 13.8 Å². The van der Waals surface area contributed by atoms with E-state index in [-0.39, 0.29) is 17.2 Å². The standard InChI is InChI=1S/C23H25F4N5O/c1-6-13-10-14-20(28-31(5)21(14)12-8-15(24)19(26)16(25)9-12)17(7-2)32(13)23(33)18-11(3)30(4)29-22(18)27/h8-9,13,17H,6-7,10H2,1-5H3. The number of hydrogen-bond donors (Lipinski definition) is 0. The van der Waals surface area contributed by atoms with Crippen molar-refractivity contribution in [2.24, 2.45) is 14.1 Å². The van der Waals surface area contributed by atoms with Crippen molar-refractivity contribution in [2.45, 2.75) is 52.1 Å². The number of nitrogens with zero attached hydrogens (tertiary/aromatic N) is 5. The Kier molecular flexibility index (Phi) is 5.79. The molecule has 33 heavy (non-hydrogen) atoms. The van der Waals surface area contributed by atoms with Crippen LogP contribution in [0.2, 0.25) is 0 Å². The summed E-state index contributed by atoms with van der Waals surface area (Å²) >= 11 is 0. The average Bonchev–Trinajstić information content (AvgIpc) is 3.23. The van der Waals surface area contributed by atoms with Crippen LogP contribution in [0.25, 0.3) is 11.3 Å². The van der Waals surface area contributed by atoms with Crippen LogP contribution in [0.1, 0.15) is 60.0 Å². The molecule has 1 aliphatic heterocycles. The molecule has 2 atom stereocenters. The highest BCUT2D eigenvalue weighted by atomic mass is 19.2. The van der Waals surface area contributed by atoms with E-state index in [4.69, 9.17) is 0 Å². The van der Waals surface area contributed by atoms with Gasteiger partial charge in [-0.15, -0.1) is 5.10 Å². The highest BCUT2D eigenvalue weighted by Gasteiger charge is 2.41. The van der Waals surface area contributed by atoms with Crippen molar-refractivity contribution >= 4 is 5.91 Å². The molecule has 10 heteroatoms. The van der Waals surface area contributed by atoms with Crippen molar-refractivity contribution in [1.82, 2.24) is 24.5 Å². The first-order valence-electron chi connectivity index (χ1n) is 10.8. The van der Waals surface area contributed by atoms with Crippen LogP contribution in [0.15, 0.2) is 12.1 Å². The van der Waals surface area contributed by atoms with E-state index in [0.717, 1.165) is 17.7 Å². The quantitative estimate of drug-likeness (QED) is 0.419. The number of aromatic nitrogens is 4. The largest absolute Gasteiger partial charge is 0.326 e. The Morgan fingerprint density at radius 1 is 1.03 bits per heavy atom. The monoisotopic (exact) mass is 463 g/mol. The SMILES string of the molecule is CCC1Cc2c(nn(C)c2-c2cc(F)c(F)c(F)c2)C(CC)N1C(=O)c1c(F)nn(C)c1C. The van der Waals surface area contributed by atoms with Crippen LogP contribution in [0, 0.1) is 30.3 Å². The molecule has 0 saturated carbocycles. The molecule has 3 heterocycles. The second kappa shape index (κ2) is 8.31. The van der Waals surface area contributed by atoms with Crippen LogP contribution in [0.4, 0.5) is 17.6 Å². The Morgan fingerprint density at radius 3 is 2.18 bits per heavy atom. The molecule has 176 valence electrons. The first-order valence-corrected chi connectivity index (χ1v) is 10.8. The van der Waals surface area contributed by atoms with E-state index in [1.807, 2.05) is 13.8 Å². The van der Waals surface area contributed by atoms with Gasteiger partial charge in [0, 0.05) is 31.3 Å². The van der Waals surface area contributed by atoms with Crippen molar-refractivity contribution in [1.29, 1.82) is 0 Å². The third kappa shape index (κ3) is 3.52. The Labute approximate surface area is 188 Å². The maximum absolute atomic E-state index is 14.5. The fourth-order valence-corrected chi connectivity index (χ4v) is 4.81. The van der Waals surface area contributed by atoms with Crippen LogP contribution in [0.5, 0.6) is 0 Å². The van der Waals surface area contributed by atoms with Gasteiger partial charge in [0.25, 0.3) is 5.91 Å². The molecular weight excluding hydrogens is 438 g/mol. The normalized spacial score (nSPS) is 18.0. The lowest BCUT2D eigenvalue weighted by Gasteiger charge is -2.41. The van der Waals surface area contributed by atoms with E-state index in [1.165, 1.54) is 9.36 Å². The summed E-state index contributed by atoms with van der Waals surface area (Å²) in [6, 6.07) is 1.12. The number of carbonyl (C=O) groups excluding carboxylic acids is 1. The number of hydrogen-bond acceptors (Lipinski definition) is 3. The number of halogens is 4. The van der Waals surface area contributed by atoms with E-state index < -0.39 is 35.3 Å². The summed E-state index contributed by atoms with van der Waals surface area (Å²) in [5, 5.41) is 8.31. The number of fused-ring (bicyclic) bond motifs is 1. The van der Waals surface area contributed by atoms with Gasteiger partial charge in [-0.3, -0.25) is 14.2 Å². The molecular formula is C23H25F4N5O. The third-order valence-electron chi connectivity index (χ3n) is 6.52. The zero-order valence-electron chi connectivity index (χ0n) is 19.1. The Morgan fingerprint density at radius 2 is 1.67 bits per heavy atom. The van der Waals surface area contributed by atoms with Gasteiger partial charge >= 0.3 is 0 Å². The molecule has 4 rings (SSSR count). The van der Waals surface area contributed by atoms with E-state index in [9.17, 15) is 22.4 Å². The fourth-order valence-electron chi connectivity index (χ4n) is 4.81. The van der Waals surface area contributed by atoms with Crippen molar-refractivity contribution in [3.63, 3.8) is 0 Å². The van der Waals surface area contributed by atoms with Crippen molar-refractivity contribution < 1.29 is 22.4 Å². The lowest BCUT2D eigenvalue weighted by molar-refractivity contribution is 0.0507. The Hall–Kier alpha value is -3.17. The molecule has 1 aliphatic rings. The van der Waals surface area contributed by atoms with Gasteiger partial charge < -0.3 is 4.90 Å². The summed E-state index contributed by atoms with van der Waals surface area (Å²) in [7, 11) is 3.21. The molecule has 0 saturated heterocycles. The number of rotatable bonds is 4. The lowest BCUT2D eigenvalue weighted by Crippen LogP contribution is -2.47. The summed E-state index contributed by atoms with van der Waals surface area (Å²) in [6.45, 7) is 5.45. The molecule has 0 fully saturated rings. The zero-order valence-corrected chi connectivity index (χ0v) is 19.1. The fraction of sp³-hybridized carbons (Fsp3) is 0.435. The van der Waals surface area contributed by atoms with Crippen LogP contribution in [-0.2, 0) is 20.5 Å². The lowest BCUT2D eigenvalue weighted by atomic mass is 9.87. The van der Waals surface area contributed by atoms with Crippen LogP contribution in [0.3, 0.4) is 0 Å². The predicted molar refractivity (Wildman–Crippen MR) is 113 cm³/mol. The second-order valence-electron chi connectivity index (χ2n) is 8.37. The average molecular weight is 463 g/mol. The van der Waals surface area contributed by atoms with Crippen molar-refractivity contribution in [3.8, 4) is 11.3 Å². The summed E-state index contributed by atoms with van der Waals surface area (Å²) in [5.74, 6) is -5.38. The van der Waals surface area contributed by atoms with E-state index in [2.05, 4.69) is 10.2 Å². The highest BCUT2D eigenvalue weighted by Crippen LogP contribution is 2.41. The Balaban J connectivity index is 1.86. The van der Waals surface area contributed by atoms with Gasteiger partial charge in [0.05, 0.1) is 23.1 Å². The van der Waals surface area contributed by atoms with Gasteiger partial charge in [-0.25, -0.2) is 13.2 Å². The molecule has 0 N–H and O–H groups in total. The molecule has 2 aromatic heterocycles. The van der Waals surface area contributed by atoms with E-state index in [1.54, 1.807) is 25.9 Å². The first-order chi connectivity index (χ1) is 15.6. The topological polar surface area (TPSA) is 56.0 Å². The van der Waals surface area contributed by atoms with Crippen LogP contribution in [-0.4, -0.2) is 36.4 Å². The summed E-state index contributed by atoms with van der Waals surface area (Å²) in [5.41, 5.74) is 2.31. The number of benzene rings is 1. The van der Waals surface area contributed by atoms with Gasteiger partial charge in [-0.2, -0.15) is 9.49 Å². The maximum atomic E-state index is 14.5. The summed E-state index contributed by atoms with van der Waals surface area (Å²) in [4.78, 5) is 15.2. The number of carbonyl (C=O) groups is 1. The minimum atomic E-state index is -1.53. The van der Waals surface area contributed by atoms with Gasteiger partial charge in [0.15, 0.2) is 17.5 Å². The molecule has 0 bridgehead atoms. The van der Waals surface area contributed by atoms with Crippen LogP contribution >= 0.6 is 0 Å². The van der Waals surface area contributed by atoms with E-state index >= 15 is 0 Å². The van der Waals surface area contributed by atoms with Crippen LogP contribution < -0.4 is 0 Å². The predicted octanol–water partition coefficient (Wildman–Crippen LogP) is 4.61. The van der Waals surface area contributed by atoms with Crippen molar-refractivity contribution in [2.75, 3.05) is 0 Å². The third-order valence-corrected chi connectivity index (χ3v) is 6.52.